The van der Waals surface area contributed by atoms with Gasteiger partial charge in [0.05, 0.1) is 0 Å². The molecule has 0 aliphatic carbocycles. The smallest absolute Gasteiger partial charge is 0.247 e. The van der Waals surface area contributed by atoms with E-state index in [-0.39, 0.29) is 5.91 Å². The molecule has 1 aromatic rings. The first kappa shape index (κ1) is 14.2. The van der Waals surface area contributed by atoms with Gasteiger partial charge in [-0.1, -0.05) is 31.2 Å². The van der Waals surface area contributed by atoms with Crippen LogP contribution in [0.3, 0.4) is 0 Å². The van der Waals surface area contributed by atoms with Crippen LogP contribution in [0.4, 0.5) is 0 Å². The Bertz CT molecular complexity index is 716. The van der Waals surface area contributed by atoms with E-state index in [0.29, 0.717) is 12.3 Å². The summed E-state index contributed by atoms with van der Waals surface area (Å²) in [4.78, 5) is 22.6. The van der Waals surface area contributed by atoms with Gasteiger partial charge in [-0.05, 0) is 40.3 Å². The minimum absolute atomic E-state index is 0.150. The zero-order valence-corrected chi connectivity index (χ0v) is 13.7. The van der Waals surface area contributed by atoms with E-state index in [1.165, 1.54) is 0 Å². The Kier molecular flexibility index (Phi) is 4.01. The fourth-order valence-corrected chi connectivity index (χ4v) is 2.76. The lowest BCUT2D eigenvalue weighted by atomic mass is 10.1. The summed E-state index contributed by atoms with van der Waals surface area (Å²) in [5.74, 6) is 1.17. The van der Waals surface area contributed by atoms with Crippen LogP contribution in [0.2, 0.25) is 0 Å². The van der Waals surface area contributed by atoms with Crippen molar-refractivity contribution in [3.05, 3.63) is 57.3 Å². The molecule has 0 fully saturated rings. The summed E-state index contributed by atoms with van der Waals surface area (Å²) in [5, 5.41) is 0. The summed E-state index contributed by atoms with van der Waals surface area (Å²) < 4.78 is 1.15. The molecule has 4 nitrogen and oxygen atoms in total. The van der Waals surface area contributed by atoms with Crippen LogP contribution in [-0.4, -0.2) is 22.5 Å². The molecule has 0 radical (unpaired) electrons. The summed E-state index contributed by atoms with van der Waals surface area (Å²) in [6, 6.07) is 7.97. The van der Waals surface area contributed by atoms with Crippen molar-refractivity contribution in [2.45, 2.75) is 19.9 Å². The van der Waals surface area contributed by atoms with Crippen molar-refractivity contribution >= 4 is 40.2 Å². The number of carbonyl (C=O) groups is 1. The highest BCUT2D eigenvalue weighted by atomic mass is 127. The predicted molar refractivity (Wildman–Crippen MR) is 92.5 cm³/mol. The third-order valence-corrected chi connectivity index (χ3v) is 3.96. The molecule has 21 heavy (non-hydrogen) atoms. The van der Waals surface area contributed by atoms with Crippen LogP contribution in [0, 0.1) is 0 Å². The number of allylic oxidation sites excluding steroid dienone is 2. The number of benzene rings is 1. The average Bonchev–Trinajstić information content (AvgIpc) is 2.63. The number of amidine groups is 2. The highest BCUT2D eigenvalue weighted by Gasteiger charge is 2.21. The monoisotopic (exact) mass is 391 g/mol. The Morgan fingerprint density at radius 1 is 1.38 bits per heavy atom. The summed E-state index contributed by atoms with van der Waals surface area (Å²) in [7, 11) is 0. The summed E-state index contributed by atoms with van der Waals surface area (Å²) >= 11 is 2.28. The number of hydrogen-bond donors (Lipinski definition) is 0. The van der Waals surface area contributed by atoms with Gasteiger partial charge in [0.1, 0.15) is 5.84 Å². The summed E-state index contributed by atoms with van der Waals surface area (Å²) in [5.41, 5.74) is 2.05. The maximum atomic E-state index is 11.7. The molecule has 0 saturated carbocycles. The van der Waals surface area contributed by atoms with Crippen LogP contribution in [0.25, 0.3) is 0 Å². The first-order valence-electron chi connectivity index (χ1n) is 6.78. The van der Waals surface area contributed by atoms with Crippen molar-refractivity contribution in [2.24, 2.45) is 9.98 Å². The molecule has 0 saturated heterocycles. The number of hydrogen-bond acceptors (Lipinski definition) is 2. The average molecular weight is 391 g/mol. The predicted octanol–water partition coefficient (Wildman–Crippen LogP) is 3.43. The van der Waals surface area contributed by atoms with Crippen LogP contribution in [-0.2, 0) is 11.3 Å². The second kappa shape index (κ2) is 5.93. The van der Waals surface area contributed by atoms with Crippen molar-refractivity contribution in [3.8, 4) is 0 Å². The SMILES string of the molecule is CCC(=O)N=C1N=C2C=CC(I)=CN2Cc2ccccc21. The molecule has 1 aromatic carbocycles. The Hall–Kier alpha value is -1.76. The van der Waals surface area contributed by atoms with E-state index >= 15 is 0 Å². The number of nitrogens with zero attached hydrogens (tertiary/aromatic N) is 3. The molecule has 0 atom stereocenters. The van der Waals surface area contributed by atoms with Crippen molar-refractivity contribution in [3.63, 3.8) is 0 Å². The molecule has 0 bridgehead atoms. The first-order chi connectivity index (χ1) is 10.2. The summed E-state index contributed by atoms with van der Waals surface area (Å²) in [6.07, 6.45) is 6.40. The second-order valence-corrected chi connectivity index (χ2v) is 6.03. The molecule has 106 valence electrons. The second-order valence-electron chi connectivity index (χ2n) is 4.79. The Balaban J connectivity index is 2.14. The molecule has 0 unspecified atom stereocenters. The molecule has 2 heterocycles. The van der Waals surface area contributed by atoms with Gasteiger partial charge >= 0.3 is 0 Å². The van der Waals surface area contributed by atoms with Crippen molar-refractivity contribution in [1.82, 2.24) is 4.90 Å². The minimum Gasteiger partial charge on any atom is -0.327 e. The molecule has 2 aliphatic heterocycles. The van der Waals surface area contributed by atoms with Crippen LogP contribution in [0.1, 0.15) is 24.5 Å². The molecular formula is C16H14IN3O. The van der Waals surface area contributed by atoms with Gasteiger partial charge in [0.2, 0.25) is 5.91 Å². The van der Waals surface area contributed by atoms with E-state index in [0.717, 1.165) is 27.1 Å². The highest BCUT2D eigenvalue weighted by Crippen LogP contribution is 2.23. The summed E-state index contributed by atoms with van der Waals surface area (Å²) in [6.45, 7) is 2.53. The van der Waals surface area contributed by atoms with E-state index in [9.17, 15) is 4.79 Å². The van der Waals surface area contributed by atoms with E-state index in [1.54, 1.807) is 6.92 Å². The van der Waals surface area contributed by atoms with E-state index in [4.69, 9.17) is 0 Å². The Labute approximate surface area is 137 Å². The largest absolute Gasteiger partial charge is 0.327 e. The van der Waals surface area contributed by atoms with Crippen LogP contribution < -0.4 is 0 Å². The Morgan fingerprint density at radius 3 is 3.00 bits per heavy atom. The maximum absolute atomic E-state index is 11.7. The van der Waals surface area contributed by atoms with Crippen LogP contribution in [0.15, 0.2) is 56.2 Å². The van der Waals surface area contributed by atoms with Crippen molar-refractivity contribution in [1.29, 1.82) is 0 Å². The van der Waals surface area contributed by atoms with Gasteiger partial charge in [-0.25, -0.2) is 4.99 Å². The standard InChI is InChI=1S/C16H14IN3O/c1-2-15(21)19-16-13-6-4-3-5-11(13)9-20-10-12(17)7-8-14(20)18-16/h3-8,10H,2,9H2,1H3. The zero-order chi connectivity index (χ0) is 14.8. The number of aliphatic imine (C=N–C) groups is 2. The molecule has 1 amide bonds. The molecule has 0 aromatic heterocycles. The van der Waals surface area contributed by atoms with E-state index in [1.807, 2.05) is 30.4 Å². The lowest BCUT2D eigenvalue weighted by Gasteiger charge is -2.21. The molecule has 0 spiro atoms. The van der Waals surface area contributed by atoms with Crippen molar-refractivity contribution in [2.75, 3.05) is 0 Å². The van der Waals surface area contributed by atoms with Gasteiger partial charge in [-0.2, -0.15) is 4.99 Å². The quantitative estimate of drug-likeness (QED) is 0.689. The number of amides is 1. The molecular weight excluding hydrogens is 377 g/mol. The fourth-order valence-electron chi connectivity index (χ4n) is 2.25. The first-order valence-corrected chi connectivity index (χ1v) is 7.86. The van der Waals surface area contributed by atoms with Gasteiger partial charge < -0.3 is 4.90 Å². The number of rotatable bonds is 1. The number of carbonyl (C=O) groups excluding carboxylic acids is 1. The molecule has 2 aliphatic rings. The third kappa shape index (κ3) is 2.97. The van der Waals surface area contributed by atoms with Crippen LogP contribution in [0.5, 0.6) is 0 Å². The molecule has 3 rings (SSSR count). The van der Waals surface area contributed by atoms with Gasteiger partial charge in [-0.15, -0.1) is 0 Å². The maximum Gasteiger partial charge on any atom is 0.247 e. The lowest BCUT2D eigenvalue weighted by molar-refractivity contribution is -0.117. The van der Waals surface area contributed by atoms with E-state index < -0.39 is 0 Å². The Morgan fingerprint density at radius 2 is 2.19 bits per heavy atom. The normalized spacial score (nSPS) is 18.6. The van der Waals surface area contributed by atoms with Gasteiger partial charge in [-0.3, -0.25) is 4.79 Å². The zero-order valence-electron chi connectivity index (χ0n) is 11.6. The van der Waals surface area contributed by atoms with E-state index in [2.05, 4.69) is 49.7 Å². The number of halogens is 1. The highest BCUT2D eigenvalue weighted by molar-refractivity contribution is 14.1. The van der Waals surface area contributed by atoms with Crippen molar-refractivity contribution < 1.29 is 4.79 Å². The number of fused-ring (bicyclic) bond motifs is 2. The van der Waals surface area contributed by atoms with Gasteiger partial charge in [0, 0.05) is 28.3 Å². The van der Waals surface area contributed by atoms with Crippen LogP contribution >= 0.6 is 22.6 Å². The third-order valence-electron chi connectivity index (χ3n) is 3.32. The molecule has 5 heteroatoms. The minimum atomic E-state index is -0.150. The van der Waals surface area contributed by atoms with Gasteiger partial charge in [0.25, 0.3) is 0 Å². The lowest BCUT2D eigenvalue weighted by Crippen LogP contribution is -2.24. The topological polar surface area (TPSA) is 45.0 Å². The molecule has 0 N–H and O–H groups in total. The van der Waals surface area contributed by atoms with Gasteiger partial charge in [0.15, 0.2) is 5.84 Å². The fraction of sp³-hybridized carbons (Fsp3) is 0.188.